The lowest BCUT2D eigenvalue weighted by atomic mass is 10.5. The van der Waals surface area contributed by atoms with E-state index in [9.17, 15) is 10.1 Å². The van der Waals surface area contributed by atoms with Gasteiger partial charge in [-0.3, -0.25) is 10.1 Å². The smallest absolute Gasteiger partial charge is 0.314 e. The minimum atomic E-state index is -0.815. The standard InChI is InChI=1S/C7H6N2O3S/c10-9(11)6-4-13-7(8-6)5-2-1-3-12-5/h1-3,6H,4H2. The summed E-state index contributed by atoms with van der Waals surface area (Å²) in [6.45, 7) is 0. The van der Waals surface area contributed by atoms with Crippen molar-refractivity contribution in [3.8, 4) is 0 Å². The molecule has 2 rings (SSSR count). The molecule has 0 bridgehead atoms. The molecular formula is C7H6N2O3S. The zero-order valence-corrected chi connectivity index (χ0v) is 7.36. The molecule has 2 heterocycles. The molecular weight excluding hydrogens is 192 g/mol. The molecule has 1 aromatic heterocycles. The van der Waals surface area contributed by atoms with Crippen LogP contribution in [0.3, 0.4) is 0 Å². The molecule has 1 aromatic rings. The molecule has 1 atom stereocenters. The highest BCUT2D eigenvalue weighted by atomic mass is 32.2. The monoisotopic (exact) mass is 198 g/mol. The molecule has 0 amide bonds. The van der Waals surface area contributed by atoms with Crippen molar-refractivity contribution in [2.75, 3.05) is 5.75 Å². The van der Waals surface area contributed by atoms with Crippen molar-refractivity contribution in [2.45, 2.75) is 6.17 Å². The molecule has 0 saturated heterocycles. The number of nitro groups is 1. The zero-order valence-electron chi connectivity index (χ0n) is 6.54. The molecule has 0 saturated carbocycles. The summed E-state index contributed by atoms with van der Waals surface area (Å²) in [6, 6.07) is 3.48. The Bertz CT molecular complexity index is 347. The Hall–Kier alpha value is -1.30. The molecule has 0 aromatic carbocycles. The van der Waals surface area contributed by atoms with Crippen LogP contribution >= 0.6 is 11.8 Å². The first-order valence-electron chi connectivity index (χ1n) is 3.65. The fraction of sp³-hybridized carbons (Fsp3) is 0.286. The van der Waals surface area contributed by atoms with Gasteiger partial charge in [-0.25, -0.2) is 4.99 Å². The van der Waals surface area contributed by atoms with E-state index in [1.165, 1.54) is 18.0 Å². The van der Waals surface area contributed by atoms with Gasteiger partial charge < -0.3 is 4.42 Å². The van der Waals surface area contributed by atoms with Crippen LogP contribution in [-0.4, -0.2) is 21.9 Å². The molecule has 0 fully saturated rings. The van der Waals surface area contributed by atoms with Crippen LogP contribution in [0.5, 0.6) is 0 Å². The van der Waals surface area contributed by atoms with Gasteiger partial charge in [0.15, 0.2) is 5.76 Å². The first-order chi connectivity index (χ1) is 6.27. The van der Waals surface area contributed by atoms with Crippen molar-refractivity contribution < 1.29 is 9.34 Å². The summed E-state index contributed by atoms with van der Waals surface area (Å²) in [7, 11) is 0. The third-order valence-corrected chi connectivity index (χ3v) is 2.66. The van der Waals surface area contributed by atoms with E-state index in [0.29, 0.717) is 16.6 Å². The highest BCUT2D eigenvalue weighted by Crippen LogP contribution is 2.23. The van der Waals surface area contributed by atoms with Gasteiger partial charge in [-0.15, -0.1) is 0 Å². The number of hydrogen-bond donors (Lipinski definition) is 0. The lowest BCUT2D eigenvalue weighted by Crippen LogP contribution is -2.15. The van der Waals surface area contributed by atoms with Crippen molar-refractivity contribution in [1.29, 1.82) is 0 Å². The topological polar surface area (TPSA) is 68.6 Å². The third kappa shape index (κ3) is 1.57. The molecule has 1 unspecified atom stereocenters. The SMILES string of the molecule is O=[N+]([O-])C1CSC(c2ccco2)=N1. The lowest BCUT2D eigenvalue weighted by Gasteiger charge is -1.91. The maximum absolute atomic E-state index is 10.4. The average molecular weight is 198 g/mol. The predicted octanol–water partition coefficient (Wildman–Crippen LogP) is 1.38. The van der Waals surface area contributed by atoms with E-state index < -0.39 is 6.17 Å². The first kappa shape index (κ1) is 8.31. The van der Waals surface area contributed by atoms with E-state index in [1.54, 1.807) is 12.1 Å². The normalized spacial score (nSPS) is 21.5. The predicted molar refractivity (Wildman–Crippen MR) is 48.5 cm³/mol. The number of aliphatic imine (C=N–C) groups is 1. The van der Waals surface area contributed by atoms with E-state index in [1.807, 2.05) is 0 Å². The molecule has 1 aliphatic rings. The van der Waals surface area contributed by atoms with Crippen molar-refractivity contribution in [1.82, 2.24) is 0 Å². The van der Waals surface area contributed by atoms with E-state index in [2.05, 4.69) is 4.99 Å². The summed E-state index contributed by atoms with van der Waals surface area (Å²) in [5.41, 5.74) is 0. The summed E-state index contributed by atoms with van der Waals surface area (Å²) < 4.78 is 5.07. The second kappa shape index (κ2) is 3.21. The van der Waals surface area contributed by atoms with E-state index in [4.69, 9.17) is 4.42 Å². The van der Waals surface area contributed by atoms with Gasteiger partial charge >= 0.3 is 6.17 Å². The van der Waals surface area contributed by atoms with Crippen LogP contribution in [0.25, 0.3) is 0 Å². The van der Waals surface area contributed by atoms with Gasteiger partial charge in [-0.2, -0.15) is 0 Å². The van der Waals surface area contributed by atoms with Gasteiger partial charge in [0.25, 0.3) is 0 Å². The van der Waals surface area contributed by atoms with Gasteiger partial charge in [0.05, 0.1) is 12.0 Å². The van der Waals surface area contributed by atoms with Gasteiger partial charge in [0.2, 0.25) is 0 Å². The summed E-state index contributed by atoms with van der Waals surface area (Å²) in [5.74, 6) is 0.998. The van der Waals surface area contributed by atoms with Crippen molar-refractivity contribution in [2.24, 2.45) is 4.99 Å². The largest absolute Gasteiger partial charge is 0.462 e. The van der Waals surface area contributed by atoms with Crippen LogP contribution in [0, 0.1) is 10.1 Å². The molecule has 0 aliphatic carbocycles. The minimum Gasteiger partial charge on any atom is -0.462 e. The number of furan rings is 1. The van der Waals surface area contributed by atoms with Crippen LogP contribution in [0.4, 0.5) is 0 Å². The Morgan fingerprint density at radius 2 is 2.62 bits per heavy atom. The maximum Gasteiger partial charge on any atom is 0.314 e. The Kier molecular flexibility index (Phi) is 2.05. The molecule has 0 N–H and O–H groups in total. The van der Waals surface area contributed by atoms with E-state index in [-0.39, 0.29) is 4.92 Å². The highest BCUT2D eigenvalue weighted by molar-refractivity contribution is 8.14. The summed E-state index contributed by atoms with van der Waals surface area (Å²) in [4.78, 5) is 13.9. The van der Waals surface area contributed by atoms with Crippen molar-refractivity contribution in [3.63, 3.8) is 0 Å². The van der Waals surface area contributed by atoms with Crippen LogP contribution in [-0.2, 0) is 0 Å². The van der Waals surface area contributed by atoms with Crippen molar-refractivity contribution in [3.05, 3.63) is 34.3 Å². The Morgan fingerprint density at radius 1 is 1.77 bits per heavy atom. The molecule has 5 nitrogen and oxygen atoms in total. The summed E-state index contributed by atoms with van der Waals surface area (Å²) in [6.07, 6.45) is 0.711. The Balaban J connectivity index is 2.20. The number of thioether (sulfide) groups is 1. The molecule has 68 valence electrons. The molecule has 6 heteroatoms. The minimum absolute atomic E-state index is 0.386. The molecule has 0 radical (unpaired) electrons. The van der Waals surface area contributed by atoms with Gasteiger partial charge in [-0.1, -0.05) is 11.8 Å². The second-order valence-electron chi connectivity index (χ2n) is 2.49. The van der Waals surface area contributed by atoms with Crippen LogP contribution < -0.4 is 0 Å². The fourth-order valence-corrected chi connectivity index (χ4v) is 1.96. The average Bonchev–Trinajstić information content (AvgIpc) is 2.75. The first-order valence-corrected chi connectivity index (χ1v) is 4.64. The highest BCUT2D eigenvalue weighted by Gasteiger charge is 2.28. The van der Waals surface area contributed by atoms with Crippen LogP contribution in [0.2, 0.25) is 0 Å². The van der Waals surface area contributed by atoms with E-state index >= 15 is 0 Å². The summed E-state index contributed by atoms with van der Waals surface area (Å²) >= 11 is 1.35. The molecule has 1 aliphatic heterocycles. The van der Waals surface area contributed by atoms with E-state index in [0.717, 1.165) is 0 Å². The maximum atomic E-state index is 10.4. The second-order valence-corrected chi connectivity index (χ2v) is 3.50. The van der Waals surface area contributed by atoms with Crippen LogP contribution in [0.1, 0.15) is 5.76 Å². The van der Waals surface area contributed by atoms with Crippen molar-refractivity contribution >= 4 is 16.8 Å². The van der Waals surface area contributed by atoms with Gasteiger partial charge in [0.1, 0.15) is 5.04 Å². The zero-order chi connectivity index (χ0) is 9.26. The van der Waals surface area contributed by atoms with Gasteiger partial charge in [0, 0.05) is 4.92 Å². The third-order valence-electron chi connectivity index (χ3n) is 1.61. The number of rotatable bonds is 2. The fourth-order valence-electron chi connectivity index (χ4n) is 1.01. The lowest BCUT2D eigenvalue weighted by molar-refractivity contribution is -0.513. The number of hydrogen-bond acceptors (Lipinski definition) is 5. The van der Waals surface area contributed by atoms with Crippen LogP contribution in [0.15, 0.2) is 27.8 Å². The Labute approximate surface area is 78.0 Å². The molecule has 0 spiro atoms. The molecule has 13 heavy (non-hydrogen) atoms. The summed E-state index contributed by atoms with van der Waals surface area (Å²) in [5, 5.41) is 11.0. The number of nitrogens with zero attached hydrogens (tertiary/aromatic N) is 2. The van der Waals surface area contributed by atoms with Gasteiger partial charge in [-0.05, 0) is 12.1 Å². The Morgan fingerprint density at radius 3 is 3.15 bits per heavy atom. The quantitative estimate of drug-likeness (QED) is 0.531.